The van der Waals surface area contributed by atoms with Crippen LogP contribution in [0.25, 0.3) is 11.1 Å². The third-order valence-electron chi connectivity index (χ3n) is 5.07. The van der Waals surface area contributed by atoms with Crippen LogP contribution in [0.5, 0.6) is 11.5 Å². The Morgan fingerprint density at radius 3 is 2.34 bits per heavy atom. The summed E-state index contributed by atoms with van der Waals surface area (Å²) in [4.78, 5) is 22.4. The molecule has 0 amide bonds. The molecule has 0 saturated heterocycles. The summed E-state index contributed by atoms with van der Waals surface area (Å²) in [5, 5.41) is 19.0. The number of phenols is 1. The number of carbonyl (C=O) groups excluding carboxylic acids is 1. The van der Waals surface area contributed by atoms with Crippen molar-refractivity contribution in [1.29, 1.82) is 0 Å². The highest BCUT2D eigenvalue weighted by molar-refractivity contribution is 5.82. The SMILES string of the molecule is CC(C(=O)O)c1cccc(-c2ccc(OCc3ccc(C(F)(F)F)c(O)c3C=O)cc2)c1. The number of aliphatic carboxylic acids is 1. The Labute approximate surface area is 181 Å². The minimum Gasteiger partial charge on any atom is -0.507 e. The first-order valence-corrected chi connectivity index (χ1v) is 9.55. The summed E-state index contributed by atoms with van der Waals surface area (Å²) in [6.45, 7) is 1.38. The Balaban J connectivity index is 1.76. The van der Waals surface area contributed by atoms with E-state index in [1.807, 2.05) is 6.07 Å². The molecule has 0 fully saturated rings. The van der Waals surface area contributed by atoms with Gasteiger partial charge < -0.3 is 14.9 Å². The van der Waals surface area contributed by atoms with Crippen LogP contribution in [0.2, 0.25) is 0 Å². The maximum absolute atomic E-state index is 12.9. The van der Waals surface area contributed by atoms with Gasteiger partial charge in [-0.3, -0.25) is 9.59 Å². The molecule has 3 rings (SSSR count). The third kappa shape index (κ3) is 4.91. The lowest BCUT2D eigenvalue weighted by Gasteiger charge is -2.14. The van der Waals surface area contributed by atoms with E-state index < -0.39 is 34.9 Å². The summed E-state index contributed by atoms with van der Waals surface area (Å²) in [5.74, 6) is -2.29. The van der Waals surface area contributed by atoms with Gasteiger partial charge in [0.05, 0.1) is 17.0 Å². The van der Waals surface area contributed by atoms with E-state index in [1.54, 1.807) is 49.4 Å². The van der Waals surface area contributed by atoms with E-state index in [4.69, 9.17) is 4.74 Å². The van der Waals surface area contributed by atoms with Crippen molar-refractivity contribution in [3.8, 4) is 22.6 Å². The van der Waals surface area contributed by atoms with E-state index in [2.05, 4.69) is 0 Å². The molecule has 32 heavy (non-hydrogen) atoms. The normalized spacial score (nSPS) is 12.2. The summed E-state index contributed by atoms with van der Waals surface area (Å²) in [6.07, 6.45) is -4.62. The molecule has 0 aliphatic carbocycles. The number of carbonyl (C=O) groups is 2. The van der Waals surface area contributed by atoms with Crippen molar-refractivity contribution in [2.75, 3.05) is 0 Å². The van der Waals surface area contributed by atoms with Gasteiger partial charge in [0.1, 0.15) is 18.1 Å². The smallest absolute Gasteiger partial charge is 0.419 e. The van der Waals surface area contributed by atoms with E-state index in [1.165, 1.54) is 0 Å². The van der Waals surface area contributed by atoms with Crippen molar-refractivity contribution >= 4 is 12.3 Å². The minimum atomic E-state index is -4.78. The van der Waals surface area contributed by atoms with Crippen molar-refractivity contribution in [2.45, 2.75) is 25.6 Å². The van der Waals surface area contributed by atoms with Gasteiger partial charge in [-0.15, -0.1) is 0 Å². The second-order valence-corrected chi connectivity index (χ2v) is 7.15. The fourth-order valence-corrected chi connectivity index (χ4v) is 3.17. The van der Waals surface area contributed by atoms with Gasteiger partial charge >= 0.3 is 12.1 Å². The van der Waals surface area contributed by atoms with Crippen LogP contribution in [0.1, 0.15) is 39.9 Å². The van der Waals surface area contributed by atoms with Crippen molar-refractivity contribution < 1.29 is 37.7 Å². The zero-order valence-electron chi connectivity index (χ0n) is 16.9. The summed E-state index contributed by atoms with van der Waals surface area (Å²) >= 11 is 0. The maximum atomic E-state index is 12.9. The number of aromatic hydroxyl groups is 1. The molecule has 1 atom stereocenters. The third-order valence-corrected chi connectivity index (χ3v) is 5.07. The molecule has 3 aromatic rings. The van der Waals surface area contributed by atoms with E-state index in [0.29, 0.717) is 17.4 Å². The molecular formula is C24H19F3O5. The number of carboxylic acid groups (broad SMARTS) is 1. The quantitative estimate of drug-likeness (QED) is 0.460. The molecule has 0 heterocycles. The molecule has 0 bridgehead atoms. The average Bonchev–Trinajstić information content (AvgIpc) is 2.76. The van der Waals surface area contributed by atoms with Crippen LogP contribution in [-0.2, 0) is 17.6 Å². The van der Waals surface area contributed by atoms with Crippen molar-refractivity contribution in [2.24, 2.45) is 0 Å². The standard InChI is InChI=1S/C24H19F3O5/c1-14(23(30)31)16-3-2-4-17(11-16)15-5-8-19(9-6-15)32-13-18-7-10-21(24(25,26)27)22(29)20(18)12-28/h2-12,14,29H,13H2,1H3,(H,30,31). The second-order valence-electron chi connectivity index (χ2n) is 7.15. The fourth-order valence-electron chi connectivity index (χ4n) is 3.17. The Hall–Kier alpha value is -3.81. The number of alkyl halides is 3. The molecule has 0 saturated carbocycles. The highest BCUT2D eigenvalue weighted by Gasteiger charge is 2.35. The molecule has 8 heteroatoms. The lowest BCUT2D eigenvalue weighted by molar-refractivity contribution is -0.139. The predicted octanol–water partition coefficient (Wildman–Crippen LogP) is 5.66. The summed E-state index contributed by atoms with van der Waals surface area (Å²) < 4.78 is 44.3. The molecular weight excluding hydrogens is 425 g/mol. The first-order valence-electron chi connectivity index (χ1n) is 9.55. The van der Waals surface area contributed by atoms with Gasteiger partial charge in [-0.05, 0) is 41.8 Å². The Bertz CT molecular complexity index is 1140. The zero-order valence-corrected chi connectivity index (χ0v) is 16.9. The minimum absolute atomic E-state index is 0.116. The van der Waals surface area contributed by atoms with Crippen LogP contribution in [0, 0.1) is 0 Å². The van der Waals surface area contributed by atoms with Crippen LogP contribution in [0.3, 0.4) is 0 Å². The monoisotopic (exact) mass is 444 g/mol. The van der Waals surface area contributed by atoms with E-state index >= 15 is 0 Å². The van der Waals surface area contributed by atoms with Crippen LogP contribution >= 0.6 is 0 Å². The van der Waals surface area contributed by atoms with Gasteiger partial charge in [-0.2, -0.15) is 13.2 Å². The second kappa shape index (κ2) is 9.13. The highest BCUT2D eigenvalue weighted by atomic mass is 19.4. The first kappa shape index (κ1) is 22.9. The number of hydrogen-bond acceptors (Lipinski definition) is 4. The molecule has 3 aromatic carbocycles. The van der Waals surface area contributed by atoms with Crippen molar-refractivity contribution in [3.05, 3.63) is 82.9 Å². The molecule has 166 valence electrons. The molecule has 0 radical (unpaired) electrons. The van der Waals surface area contributed by atoms with Gasteiger partial charge in [-0.1, -0.05) is 42.5 Å². The van der Waals surface area contributed by atoms with Gasteiger partial charge in [0.25, 0.3) is 0 Å². The van der Waals surface area contributed by atoms with E-state index in [9.17, 15) is 33.0 Å². The van der Waals surface area contributed by atoms with E-state index in [0.717, 1.165) is 17.2 Å². The molecule has 0 aliphatic rings. The first-order chi connectivity index (χ1) is 15.1. The number of phenolic OH excluding ortho intramolecular Hbond substituents is 1. The van der Waals surface area contributed by atoms with Crippen LogP contribution in [-0.4, -0.2) is 22.5 Å². The van der Waals surface area contributed by atoms with Gasteiger partial charge in [0.15, 0.2) is 6.29 Å². The average molecular weight is 444 g/mol. The van der Waals surface area contributed by atoms with Crippen LogP contribution in [0.15, 0.2) is 60.7 Å². The highest BCUT2D eigenvalue weighted by Crippen LogP contribution is 2.38. The Kier molecular flexibility index (Phi) is 6.53. The van der Waals surface area contributed by atoms with Crippen molar-refractivity contribution in [3.63, 3.8) is 0 Å². The van der Waals surface area contributed by atoms with Gasteiger partial charge in [-0.25, -0.2) is 0 Å². The molecule has 0 aromatic heterocycles. The Morgan fingerprint density at radius 1 is 1.06 bits per heavy atom. The summed E-state index contributed by atoms with van der Waals surface area (Å²) in [6, 6.07) is 15.7. The number of carboxylic acids is 1. The van der Waals surface area contributed by atoms with Gasteiger partial charge in [0.2, 0.25) is 0 Å². The van der Waals surface area contributed by atoms with Crippen LogP contribution in [0.4, 0.5) is 13.2 Å². The lowest BCUT2D eigenvalue weighted by Crippen LogP contribution is -2.09. The van der Waals surface area contributed by atoms with Crippen LogP contribution < -0.4 is 4.74 Å². The summed E-state index contributed by atoms with van der Waals surface area (Å²) in [7, 11) is 0. The molecule has 0 spiro atoms. The molecule has 0 aliphatic heterocycles. The number of rotatable bonds is 7. The predicted molar refractivity (Wildman–Crippen MR) is 111 cm³/mol. The largest absolute Gasteiger partial charge is 0.507 e. The molecule has 2 N–H and O–H groups in total. The van der Waals surface area contributed by atoms with E-state index in [-0.39, 0.29) is 18.5 Å². The number of aldehydes is 1. The topological polar surface area (TPSA) is 83.8 Å². The summed E-state index contributed by atoms with van der Waals surface area (Å²) in [5.41, 5.74) is 0.660. The number of hydrogen-bond donors (Lipinski definition) is 2. The number of halogens is 3. The molecule has 1 unspecified atom stereocenters. The fraction of sp³-hybridized carbons (Fsp3) is 0.167. The zero-order chi connectivity index (χ0) is 23.5. The number of benzene rings is 3. The maximum Gasteiger partial charge on any atom is 0.419 e. The number of ether oxygens (including phenoxy) is 1. The van der Waals surface area contributed by atoms with Gasteiger partial charge in [0, 0.05) is 5.56 Å². The molecule has 5 nitrogen and oxygen atoms in total. The van der Waals surface area contributed by atoms with Crippen molar-refractivity contribution in [1.82, 2.24) is 0 Å². The lowest BCUT2D eigenvalue weighted by atomic mass is 9.96. The Morgan fingerprint density at radius 2 is 1.75 bits per heavy atom.